The van der Waals surface area contributed by atoms with Gasteiger partial charge in [0.1, 0.15) is 0 Å². The number of piperidine rings is 2. The standard InChI is InChI=1S/C21H31N3O3/c1-16-7-10-23(11-8-16)14-18-5-2-4-17(12-18)13-22-21(27)24-9-3-6-19(15-24)20(25)26/h2,4-5,12,16,19H,3,6-11,13-15H2,1H3,(H,22,27)(H,25,26). The Hall–Kier alpha value is -2.08. The summed E-state index contributed by atoms with van der Waals surface area (Å²) in [4.78, 5) is 27.7. The Kier molecular flexibility index (Phi) is 6.72. The zero-order valence-corrected chi connectivity index (χ0v) is 16.2. The van der Waals surface area contributed by atoms with E-state index in [-0.39, 0.29) is 6.03 Å². The van der Waals surface area contributed by atoms with E-state index in [1.807, 2.05) is 12.1 Å². The van der Waals surface area contributed by atoms with Crippen LogP contribution in [0.5, 0.6) is 0 Å². The monoisotopic (exact) mass is 373 g/mol. The SMILES string of the molecule is CC1CCN(Cc2cccc(CNC(=O)N3CCCC(C(=O)O)C3)c2)CC1. The summed E-state index contributed by atoms with van der Waals surface area (Å²) in [5, 5.41) is 12.1. The van der Waals surface area contributed by atoms with Crippen molar-refractivity contribution in [1.29, 1.82) is 0 Å². The lowest BCUT2D eigenvalue weighted by Gasteiger charge is -2.31. The maximum absolute atomic E-state index is 12.4. The zero-order valence-electron chi connectivity index (χ0n) is 16.2. The first-order chi connectivity index (χ1) is 13.0. The molecule has 1 atom stereocenters. The molecule has 2 heterocycles. The van der Waals surface area contributed by atoms with E-state index in [1.54, 1.807) is 4.90 Å². The molecule has 0 spiro atoms. The fourth-order valence-corrected chi connectivity index (χ4v) is 3.97. The van der Waals surface area contributed by atoms with E-state index in [9.17, 15) is 9.59 Å². The summed E-state index contributed by atoms with van der Waals surface area (Å²) in [5.74, 6) is -0.425. The van der Waals surface area contributed by atoms with E-state index in [0.29, 0.717) is 26.1 Å². The van der Waals surface area contributed by atoms with Gasteiger partial charge in [-0.1, -0.05) is 31.2 Å². The van der Waals surface area contributed by atoms with Crippen LogP contribution in [0, 0.1) is 11.8 Å². The van der Waals surface area contributed by atoms with Crippen LogP contribution in [0.3, 0.4) is 0 Å². The van der Waals surface area contributed by atoms with Gasteiger partial charge in [0.15, 0.2) is 0 Å². The fraction of sp³-hybridized carbons (Fsp3) is 0.619. The Labute approximate surface area is 161 Å². The lowest BCUT2D eigenvalue weighted by molar-refractivity contribution is -0.143. The Morgan fingerprint density at radius 3 is 2.63 bits per heavy atom. The minimum Gasteiger partial charge on any atom is -0.481 e. The third-order valence-corrected chi connectivity index (χ3v) is 5.78. The smallest absolute Gasteiger partial charge is 0.317 e. The van der Waals surface area contributed by atoms with Crippen molar-refractivity contribution in [2.45, 2.75) is 45.7 Å². The second-order valence-corrected chi connectivity index (χ2v) is 8.06. The average molecular weight is 373 g/mol. The number of carboxylic acid groups (broad SMARTS) is 1. The van der Waals surface area contributed by atoms with Crippen molar-refractivity contribution in [2.24, 2.45) is 11.8 Å². The third kappa shape index (κ3) is 5.70. The number of likely N-dealkylation sites (tertiary alicyclic amines) is 2. The molecule has 2 aliphatic rings. The summed E-state index contributed by atoms with van der Waals surface area (Å²) >= 11 is 0. The number of carboxylic acids is 1. The third-order valence-electron chi connectivity index (χ3n) is 5.78. The van der Waals surface area contributed by atoms with Gasteiger partial charge in [-0.25, -0.2) is 4.79 Å². The number of carbonyl (C=O) groups is 2. The summed E-state index contributed by atoms with van der Waals surface area (Å²) < 4.78 is 0. The van der Waals surface area contributed by atoms with Crippen LogP contribution in [0.4, 0.5) is 4.79 Å². The van der Waals surface area contributed by atoms with Crippen LogP contribution in [0.25, 0.3) is 0 Å². The highest BCUT2D eigenvalue weighted by molar-refractivity contribution is 5.76. The van der Waals surface area contributed by atoms with Gasteiger partial charge >= 0.3 is 12.0 Å². The van der Waals surface area contributed by atoms with E-state index >= 15 is 0 Å². The number of hydrogen-bond donors (Lipinski definition) is 2. The number of nitrogens with zero attached hydrogens (tertiary/aromatic N) is 2. The van der Waals surface area contributed by atoms with Gasteiger partial charge in [0.25, 0.3) is 0 Å². The van der Waals surface area contributed by atoms with Crippen molar-refractivity contribution in [3.8, 4) is 0 Å². The van der Waals surface area contributed by atoms with Crippen molar-refractivity contribution < 1.29 is 14.7 Å². The molecule has 0 radical (unpaired) electrons. The van der Waals surface area contributed by atoms with Gasteiger partial charge in [-0.05, 0) is 55.8 Å². The maximum Gasteiger partial charge on any atom is 0.317 e. The normalized spacial score (nSPS) is 21.8. The molecule has 2 aliphatic heterocycles. The number of aliphatic carboxylic acids is 1. The summed E-state index contributed by atoms with van der Waals surface area (Å²) in [6, 6.07) is 8.21. The molecule has 6 nitrogen and oxygen atoms in total. The second kappa shape index (κ2) is 9.22. The number of benzene rings is 1. The predicted molar refractivity (Wildman–Crippen MR) is 104 cm³/mol. The minimum absolute atomic E-state index is 0.170. The van der Waals surface area contributed by atoms with Crippen molar-refractivity contribution >= 4 is 12.0 Å². The second-order valence-electron chi connectivity index (χ2n) is 8.06. The lowest BCUT2D eigenvalue weighted by atomic mass is 9.98. The van der Waals surface area contributed by atoms with Crippen LogP contribution in [-0.2, 0) is 17.9 Å². The van der Waals surface area contributed by atoms with Gasteiger partial charge in [-0.2, -0.15) is 0 Å². The van der Waals surface area contributed by atoms with Crippen LogP contribution in [-0.4, -0.2) is 53.1 Å². The molecule has 148 valence electrons. The van der Waals surface area contributed by atoms with Crippen LogP contribution in [0.15, 0.2) is 24.3 Å². The van der Waals surface area contributed by atoms with Crippen molar-refractivity contribution in [2.75, 3.05) is 26.2 Å². The number of nitrogens with one attached hydrogen (secondary N) is 1. The van der Waals surface area contributed by atoms with E-state index in [0.717, 1.165) is 37.5 Å². The zero-order chi connectivity index (χ0) is 19.2. The van der Waals surface area contributed by atoms with Crippen LogP contribution < -0.4 is 5.32 Å². The highest BCUT2D eigenvalue weighted by Crippen LogP contribution is 2.19. The molecule has 1 aromatic carbocycles. The topological polar surface area (TPSA) is 72.9 Å². The number of amides is 2. The lowest BCUT2D eigenvalue weighted by Crippen LogP contribution is -2.46. The molecule has 2 saturated heterocycles. The number of urea groups is 1. The van der Waals surface area contributed by atoms with E-state index in [4.69, 9.17) is 5.11 Å². The van der Waals surface area contributed by atoms with Crippen molar-refractivity contribution in [3.05, 3.63) is 35.4 Å². The highest BCUT2D eigenvalue weighted by Gasteiger charge is 2.27. The number of rotatable bonds is 5. The fourth-order valence-electron chi connectivity index (χ4n) is 3.97. The molecule has 0 bridgehead atoms. The molecular formula is C21H31N3O3. The molecule has 1 unspecified atom stereocenters. The van der Waals surface area contributed by atoms with Crippen molar-refractivity contribution in [3.63, 3.8) is 0 Å². The molecule has 0 aromatic heterocycles. The van der Waals surface area contributed by atoms with Crippen LogP contribution in [0.2, 0.25) is 0 Å². The van der Waals surface area contributed by atoms with E-state index in [2.05, 4.69) is 29.3 Å². The number of carbonyl (C=O) groups excluding carboxylic acids is 1. The van der Waals surface area contributed by atoms with Crippen LogP contribution >= 0.6 is 0 Å². The predicted octanol–water partition coefficient (Wildman–Crippen LogP) is 2.92. The largest absolute Gasteiger partial charge is 0.481 e. The molecule has 2 fully saturated rings. The molecule has 2 amide bonds. The summed E-state index contributed by atoms with van der Waals surface area (Å²) in [6.45, 7) is 6.99. The highest BCUT2D eigenvalue weighted by atomic mass is 16.4. The average Bonchev–Trinajstić information content (AvgIpc) is 2.68. The van der Waals surface area contributed by atoms with E-state index < -0.39 is 11.9 Å². The Bertz CT molecular complexity index is 656. The molecular weight excluding hydrogens is 342 g/mol. The molecule has 27 heavy (non-hydrogen) atoms. The van der Waals surface area contributed by atoms with E-state index in [1.165, 1.54) is 18.4 Å². The molecule has 1 aromatic rings. The van der Waals surface area contributed by atoms with Crippen molar-refractivity contribution in [1.82, 2.24) is 15.1 Å². The minimum atomic E-state index is -0.813. The van der Waals surface area contributed by atoms with Gasteiger partial charge in [-0.3, -0.25) is 9.69 Å². The first-order valence-electron chi connectivity index (χ1n) is 10.1. The Morgan fingerprint density at radius 1 is 1.15 bits per heavy atom. The molecule has 6 heteroatoms. The maximum atomic E-state index is 12.4. The summed E-state index contributed by atoms with van der Waals surface area (Å²) in [6.07, 6.45) is 3.93. The van der Waals surface area contributed by atoms with Gasteiger partial charge in [0, 0.05) is 26.2 Å². The molecule has 0 aliphatic carbocycles. The molecule has 3 rings (SSSR count). The quantitative estimate of drug-likeness (QED) is 0.832. The van der Waals surface area contributed by atoms with Crippen LogP contribution in [0.1, 0.15) is 43.7 Å². The first kappa shape index (κ1) is 19.7. The molecule has 0 saturated carbocycles. The van der Waals surface area contributed by atoms with Gasteiger partial charge in [-0.15, -0.1) is 0 Å². The van der Waals surface area contributed by atoms with Gasteiger partial charge in [0.05, 0.1) is 5.92 Å². The van der Waals surface area contributed by atoms with Gasteiger partial charge < -0.3 is 15.3 Å². The molecule has 2 N–H and O–H groups in total. The summed E-state index contributed by atoms with van der Waals surface area (Å²) in [5.41, 5.74) is 2.36. The van der Waals surface area contributed by atoms with Gasteiger partial charge in [0.2, 0.25) is 0 Å². The number of hydrogen-bond acceptors (Lipinski definition) is 3. The Morgan fingerprint density at radius 2 is 1.89 bits per heavy atom. The summed E-state index contributed by atoms with van der Waals surface area (Å²) in [7, 11) is 0. The Balaban J connectivity index is 1.49. The first-order valence-corrected chi connectivity index (χ1v) is 10.1.